The van der Waals surface area contributed by atoms with Gasteiger partial charge in [-0.15, -0.1) is 0 Å². The predicted octanol–water partition coefficient (Wildman–Crippen LogP) is 1.34. The minimum Gasteiger partial charge on any atom is -0.297 e. The molecule has 0 fully saturated rings. The molecule has 0 aromatic carbocycles. The van der Waals surface area contributed by atoms with Crippen LogP contribution in [0.15, 0.2) is 0 Å². The molecule has 2 nitrogen and oxygen atoms in total. The van der Waals surface area contributed by atoms with Gasteiger partial charge in [-0.25, -0.2) is 0 Å². The summed E-state index contributed by atoms with van der Waals surface area (Å²) in [5, 5.41) is -0.0968. The van der Waals surface area contributed by atoms with Gasteiger partial charge in [-0.3, -0.25) is 9.59 Å². The zero-order valence-corrected chi connectivity index (χ0v) is 9.05. The summed E-state index contributed by atoms with van der Waals surface area (Å²) in [5.74, 6) is -0.279. The molecule has 0 amide bonds. The third-order valence-electron chi connectivity index (χ3n) is 2.04. The van der Waals surface area contributed by atoms with Crippen LogP contribution in [0.5, 0.6) is 0 Å². The van der Waals surface area contributed by atoms with Crippen LogP contribution in [-0.2, 0) is 9.59 Å². The molecule has 0 aromatic heterocycles. The Labute approximate surface area is 69.6 Å². The van der Waals surface area contributed by atoms with Crippen LogP contribution in [0.1, 0.15) is 27.7 Å². The van der Waals surface area contributed by atoms with Crippen molar-refractivity contribution in [2.75, 3.05) is 0 Å². The Morgan fingerprint density at radius 2 is 1.55 bits per heavy atom. The number of carbonyl (C=O) groups is 2. The summed E-state index contributed by atoms with van der Waals surface area (Å²) in [4.78, 5) is 21.9. The van der Waals surface area contributed by atoms with Crippen molar-refractivity contribution in [2.45, 2.75) is 39.3 Å². The smallest absolute Gasteiger partial charge is 0.189 e. The number of carbonyl (C=O) groups excluding carboxylic acids is 2. The Morgan fingerprint density at radius 3 is 1.64 bits per heavy atom. The van der Waals surface area contributed by atoms with Crippen molar-refractivity contribution < 1.29 is 9.59 Å². The molecule has 11 heavy (non-hydrogen) atoms. The van der Waals surface area contributed by atoms with Gasteiger partial charge >= 0.3 is 0 Å². The van der Waals surface area contributed by atoms with Crippen molar-refractivity contribution in [1.29, 1.82) is 0 Å². The van der Waals surface area contributed by atoms with Gasteiger partial charge in [-0.2, -0.15) is 0 Å². The van der Waals surface area contributed by atoms with E-state index < -0.39 is 8.80 Å². The first-order valence-corrected chi connectivity index (χ1v) is 6.12. The minimum atomic E-state index is -1.53. The molecule has 0 saturated heterocycles. The Kier molecular flexibility index (Phi) is 3.17. The molecule has 0 bridgehead atoms. The van der Waals surface area contributed by atoms with Crippen LogP contribution in [0.3, 0.4) is 0 Å². The molecule has 1 unspecified atom stereocenters. The van der Waals surface area contributed by atoms with Crippen LogP contribution in [0.2, 0.25) is 11.6 Å². The molecule has 1 atom stereocenters. The largest absolute Gasteiger partial charge is 0.297 e. The number of hydrogen-bond acceptors (Lipinski definition) is 2. The first-order chi connectivity index (χ1) is 4.76. The second-order valence-electron chi connectivity index (χ2n) is 4.01. The normalized spacial score (nSPS) is 14.3. The average molecular weight is 172 g/mol. The van der Waals surface area contributed by atoms with E-state index in [2.05, 4.69) is 0 Å². The lowest BCUT2D eigenvalue weighted by atomic mass is 10.2. The van der Waals surface area contributed by atoms with Crippen LogP contribution in [0, 0.1) is 0 Å². The van der Waals surface area contributed by atoms with E-state index in [-0.39, 0.29) is 16.2 Å². The molecular weight excluding hydrogens is 156 g/mol. The zero-order valence-electron chi connectivity index (χ0n) is 7.89. The summed E-state index contributed by atoms with van der Waals surface area (Å²) in [7, 11) is -1.53. The monoisotopic (exact) mass is 172 g/mol. The first kappa shape index (κ1) is 10.6. The van der Waals surface area contributed by atoms with Crippen molar-refractivity contribution in [3.63, 3.8) is 0 Å². The van der Waals surface area contributed by atoms with Crippen molar-refractivity contribution in [2.24, 2.45) is 0 Å². The Bertz CT molecular complexity index is 179. The van der Waals surface area contributed by atoms with Gasteiger partial charge in [0.05, 0.1) is 0 Å². The maximum atomic E-state index is 11.2. The summed E-state index contributed by atoms with van der Waals surface area (Å²) in [6.07, 6.45) is 0. The van der Waals surface area contributed by atoms with Gasteiger partial charge in [0.15, 0.2) is 11.2 Å². The highest BCUT2D eigenvalue weighted by molar-refractivity contribution is 7.01. The summed E-state index contributed by atoms with van der Waals surface area (Å²) >= 11 is 0. The van der Waals surface area contributed by atoms with Crippen molar-refractivity contribution in [3.8, 4) is 0 Å². The summed E-state index contributed by atoms with van der Waals surface area (Å²) in [6.45, 7) is 9.35. The quantitative estimate of drug-likeness (QED) is 0.465. The van der Waals surface area contributed by atoms with E-state index >= 15 is 0 Å². The maximum Gasteiger partial charge on any atom is 0.189 e. The molecule has 0 heterocycles. The molecule has 64 valence electrons. The molecule has 0 N–H and O–H groups in total. The molecule has 0 aliphatic carbocycles. The third-order valence-corrected chi connectivity index (χ3v) is 5.83. The molecule has 0 saturated carbocycles. The Balaban J connectivity index is 4.38. The third kappa shape index (κ3) is 2.97. The van der Waals surface area contributed by atoms with E-state index in [1.54, 1.807) is 0 Å². The zero-order chi connectivity index (χ0) is 9.23. The lowest BCUT2D eigenvalue weighted by Crippen LogP contribution is -2.36. The highest BCUT2D eigenvalue weighted by Gasteiger charge is 2.30. The van der Waals surface area contributed by atoms with Crippen molar-refractivity contribution in [3.05, 3.63) is 0 Å². The van der Waals surface area contributed by atoms with Crippen molar-refractivity contribution >= 4 is 20.0 Å². The van der Waals surface area contributed by atoms with Crippen LogP contribution in [-0.4, -0.2) is 20.0 Å². The lowest BCUT2D eigenvalue weighted by molar-refractivity contribution is -0.131. The molecule has 0 radical (unpaired) electrons. The van der Waals surface area contributed by atoms with E-state index in [0.717, 1.165) is 0 Å². The van der Waals surface area contributed by atoms with Crippen LogP contribution in [0.4, 0.5) is 0 Å². The summed E-state index contributed by atoms with van der Waals surface area (Å²) in [6, 6.07) is 0. The highest BCUT2D eigenvalue weighted by Crippen LogP contribution is 2.26. The topological polar surface area (TPSA) is 34.1 Å². The fraction of sp³-hybridized carbons (Fsp3) is 0.750. The number of ketones is 1. The first-order valence-electron chi connectivity index (χ1n) is 3.81. The highest BCUT2D eigenvalue weighted by atomic mass is 28.3. The van der Waals surface area contributed by atoms with E-state index in [4.69, 9.17) is 0 Å². The molecule has 3 heteroatoms. The van der Waals surface area contributed by atoms with Gasteiger partial charge in [0.2, 0.25) is 0 Å². The number of Topliss-reactive ketones (excluding diaryl/α,β-unsaturated/α-hetero) is 1. The molecule has 0 aliphatic rings. The van der Waals surface area contributed by atoms with E-state index in [1.807, 2.05) is 27.3 Å². The second kappa shape index (κ2) is 3.30. The maximum absolute atomic E-state index is 11.2. The Morgan fingerprint density at radius 1 is 1.18 bits per heavy atom. The van der Waals surface area contributed by atoms with Crippen LogP contribution < -0.4 is 0 Å². The van der Waals surface area contributed by atoms with E-state index in [1.165, 1.54) is 6.92 Å². The Hall–Kier alpha value is -0.443. The lowest BCUT2D eigenvalue weighted by Gasteiger charge is -2.22. The van der Waals surface area contributed by atoms with Gasteiger partial charge in [-0.1, -0.05) is 27.3 Å². The molecule has 0 aromatic rings. The van der Waals surface area contributed by atoms with Gasteiger partial charge in [0.1, 0.15) is 8.80 Å². The summed E-state index contributed by atoms with van der Waals surface area (Å²) < 4.78 is 0. The SMILES string of the molecule is CC(=O)C(=O)[SiH](C)C(C)(C)C. The van der Waals surface area contributed by atoms with E-state index in [9.17, 15) is 9.59 Å². The molecular formula is C8H16O2Si. The molecule has 0 aliphatic heterocycles. The standard InChI is InChI=1S/C8H16O2Si/c1-6(9)7(10)11(5)8(2,3)4/h11H,1-5H3. The van der Waals surface area contributed by atoms with Gasteiger partial charge in [0.25, 0.3) is 0 Å². The fourth-order valence-corrected chi connectivity index (χ4v) is 2.09. The number of rotatable bonds is 2. The molecule has 0 spiro atoms. The predicted molar refractivity (Wildman–Crippen MR) is 48.4 cm³/mol. The summed E-state index contributed by atoms with van der Waals surface area (Å²) in [5.41, 5.74) is 0. The van der Waals surface area contributed by atoms with Gasteiger partial charge < -0.3 is 0 Å². The van der Waals surface area contributed by atoms with Gasteiger partial charge in [0, 0.05) is 6.92 Å². The average Bonchev–Trinajstić information content (AvgIpc) is 1.82. The van der Waals surface area contributed by atoms with E-state index in [0.29, 0.717) is 0 Å². The second-order valence-corrected chi connectivity index (χ2v) is 7.71. The fourth-order valence-electron chi connectivity index (χ4n) is 0.698. The molecule has 0 rings (SSSR count). The van der Waals surface area contributed by atoms with Gasteiger partial charge in [-0.05, 0) is 5.04 Å². The van der Waals surface area contributed by atoms with Crippen LogP contribution in [0.25, 0.3) is 0 Å². The minimum absolute atomic E-state index is 0.0305. The van der Waals surface area contributed by atoms with Crippen LogP contribution >= 0.6 is 0 Å². The van der Waals surface area contributed by atoms with Crippen molar-refractivity contribution in [1.82, 2.24) is 0 Å². The number of hydrogen-bond donors (Lipinski definition) is 0.